The van der Waals surface area contributed by atoms with E-state index in [1.807, 2.05) is 6.92 Å². The maximum atomic E-state index is 11.8. The van der Waals surface area contributed by atoms with Gasteiger partial charge in [0.2, 0.25) is 0 Å². The van der Waals surface area contributed by atoms with Crippen molar-refractivity contribution in [2.45, 2.75) is 37.2 Å². The molecular formula is C13H21NO3S. The molecule has 4 nitrogen and oxygen atoms in total. The van der Waals surface area contributed by atoms with Crippen LogP contribution in [0.15, 0.2) is 29.2 Å². The van der Waals surface area contributed by atoms with E-state index < -0.39 is 15.9 Å². The predicted molar refractivity (Wildman–Crippen MR) is 72.2 cm³/mol. The lowest BCUT2D eigenvalue weighted by atomic mass is 10.1. The molecule has 0 saturated carbocycles. The first-order valence-corrected chi connectivity index (χ1v) is 7.84. The summed E-state index contributed by atoms with van der Waals surface area (Å²) in [6.45, 7) is 2.10. The quantitative estimate of drug-likeness (QED) is 0.779. The highest BCUT2D eigenvalue weighted by Crippen LogP contribution is 2.14. The monoisotopic (exact) mass is 271 g/mol. The molecule has 18 heavy (non-hydrogen) atoms. The molecule has 0 spiro atoms. The van der Waals surface area contributed by atoms with Crippen LogP contribution in [0.4, 0.5) is 0 Å². The van der Waals surface area contributed by atoms with Crippen LogP contribution in [0.2, 0.25) is 0 Å². The SMILES string of the molecule is CCCS(=O)(=O)c1ccc(CCC(O)CN)cc1. The molecule has 0 amide bonds. The Hall–Kier alpha value is -0.910. The van der Waals surface area contributed by atoms with Crippen molar-refractivity contribution in [1.82, 2.24) is 0 Å². The summed E-state index contributed by atoms with van der Waals surface area (Å²) in [4.78, 5) is 0.368. The number of aliphatic hydroxyl groups excluding tert-OH is 1. The van der Waals surface area contributed by atoms with E-state index in [2.05, 4.69) is 0 Å². The summed E-state index contributed by atoms with van der Waals surface area (Å²) < 4.78 is 23.6. The molecule has 0 bridgehead atoms. The molecule has 5 heteroatoms. The highest BCUT2D eigenvalue weighted by Gasteiger charge is 2.12. The number of hydrogen-bond donors (Lipinski definition) is 2. The van der Waals surface area contributed by atoms with Crippen LogP contribution in [-0.4, -0.2) is 31.9 Å². The number of hydrogen-bond acceptors (Lipinski definition) is 4. The molecule has 1 aromatic rings. The van der Waals surface area contributed by atoms with Crippen molar-refractivity contribution in [2.24, 2.45) is 5.73 Å². The van der Waals surface area contributed by atoms with Crippen molar-refractivity contribution in [2.75, 3.05) is 12.3 Å². The first kappa shape index (κ1) is 15.1. The molecule has 0 saturated heterocycles. The van der Waals surface area contributed by atoms with Gasteiger partial charge < -0.3 is 10.8 Å². The van der Waals surface area contributed by atoms with Crippen LogP contribution in [0.1, 0.15) is 25.3 Å². The smallest absolute Gasteiger partial charge is 0.178 e. The first-order valence-electron chi connectivity index (χ1n) is 6.19. The minimum absolute atomic E-state index is 0.179. The van der Waals surface area contributed by atoms with Crippen LogP contribution in [0.25, 0.3) is 0 Å². The van der Waals surface area contributed by atoms with Gasteiger partial charge in [0.15, 0.2) is 9.84 Å². The van der Waals surface area contributed by atoms with Crippen LogP contribution in [0.3, 0.4) is 0 Å². The summed E-state index contributed by atoms with van der Waals surface area (Å²) in [7, 11) is -3.13. The lowest BCUT2D eigenvalue weighted by Crippen LogP contribution is -2.20. The average Bonchev–Trinajstić information content (AvgIpc) is 2.36. The first-order chi connectivity index (χ1) is 8.49. The third-order valence-electron chi connectivity index (χ3n) is 2.79. The van der Waals surface area contributed by atoms with E-state index in [0.29, 0.717) is 24.2 Å². The highest BCUT2D eigenvalue weighted by atomic mass is 32.2. The van der Waals surface area contributed by atoms with Crippen LogP contribution >= 0.6 is 0 Å². The second-order valence-corrected chi connectivity index (χ2v) is 6.50. The Morgan fingerprint density at radius 1 is 1.28 bits per heavy atom. The van der Waals surface area contributed by atoms with E-state index in [1.165, 1.54) is 0 Å². The predicted octanol–water partition coefficient (Wildman–Crippen LogP) is 1.12. The van der Waals surface area contributed by atoms with Crippen LogP contribution < -0.4 is 5.73 Å². The third kappa shape index (κ3) is 4.40. The molecule has 0 aromatic heterocycles. The van der Waals surface area contributed by atoms with E-state index in [0.717, 1.165) is 5.56 Å². The summed E-state index contributed by atoms with van der Waals surface area (Å²) >= 11 is 0. The summed E-state index contributed by atoms with van der Waals surface area (Å²) in [5.74, 6) is 0.179. The van der Waals surface area contributed by atoms with E-state index in [9.17, 15) is 13.5 Å². The Labute approximate surface area is 109 Å². The molecule has 3 N–H and O–H groups in total. The second-order valence-electron chi connectivity index (χ2n) is 4.39. The molecule has 0 aliphatic heterocycles. The number of sulfone groups is 1. The Morgan fingerprint density at radius 3 is 2.39 bits per heavy atom. The van der Waals surface area contributed by atoms with Gasteiger partial charge in [-0.1, -0.05) is 19.1 Å². The minimum atomic E-state index is -3.13. The van der Waals surface area contributed by atoms with E-state index in [1.54, 1.807) is 24.3 Å². The van der Waals surface area contributed by atoms with Crippen molar-refractivity contribution >= 4 is 9.84 Å². The lowest BCUT2D eigenvalue weighted by molar-refractivity contribution is 0.173. The van der Waals surface area contributed by atoms with Crippen molar-refractivity contribution in [3.63, 3.8) is 0 Å². The Morgan fingerprint density at radius 2 is 1.89 bits per heavy atom. The van der Waals surface area contributed by atoms with Gasteiger partial charge in [0.1, 0.15) is 0 Å². The zero-order valence-electron chi connectivity index (χ0n) is 10.7. The van der Waals surface area contributed by atoms with E-state index >= 15 is 0 Å². The topological polar surface area (TPSA) is 80.4 Å². The van der Waals surface area contributed by atoms with Gasteiger partial charge in [0.05, 0.1) is 16.8 Å². The normalized spacial score (nSPS) is 13.5. The van der Waals surface area contributed by atoms with Gasteiger partial charge in [-0.3, -0.25) is 0 Å². The molecule has 1 aromatic carbocycles. The second kappa shape index (κ2) is 6.87. The van der Waals surface area contributed by atoms with Crippen molar-refractivity contribution in [1.29, 1.82) is 0 Å². The zero-order chi connectivity index (χ0) is 13.6. The molecule has 1 rings (SSSR count). The maximum absolute atomic E-state index is 11.8. The van der Waals surface area contributed by atoms with Gasteiger partial charge in [-0.25, -0.2) is 8.42 Å². The van der Waals surface area contributed by atoms with Gasteiger partial charge in [-0.2, -0.15) is 0 Å². The molecule has 0 heterocycles. The van der Waals surface area contributed by atoms with Crippen molar-refractivity contribution in [3.8, 4) is 0 Å². The molecule has 1 unspecified atom stereocenters. The fourth-order valence-electron chi connectivity index (χ4n) is 1.70. The van der Waals surface area contributed by atoms with Gasteiger partial charge in [-0.05, 0) is 37.0 Å². The molecule has 0 fully saturated rings. The molecule has 0 radical (unpaired) electrons. The van der Waals surface area contributed by atoms with Crippen molar-refractivity contribution in [3.05, 3.63) is 29.8 Å². The van der Waals surface area contributed by atoms with Gasteiger partial charge in [0, 0.05) is 6.54 Å². The van der Waals surface area contributed by atoms with Crippen LogP contribution in [0, 0.1) is 0 Å². The summed E-state index contributed by atoms with van der Waals surface area (Å²) in [5, 5.41) is 9.35. The minimum Gasteiger partial charge on any atom is -0.392 e. The molecule has 0 aliphatic carbocycles. The fourth-order valence-corrected chi connectivity index (χ4v) is 3.03. The summed E-state index contributed by atoms with van der Waals surface area (Å²) in [6.07, 6.45) is 1.42. The molecule has 0 aliphatic rings. The number of aliphatic hydroxyl groups is 1. The van der Waals surface area contributed by atoms with Crippen LogP contribution in [-0.2, 0) is 16.3 Å². The molecule has 102 valence electrons. The van der Waals surface area contributed by atoms with Crippen molar-refractivity contribution < 1.29 is 13.5 Å². The summed E-state index contributed by atoms with van der Waals surface area (Å²) in [5.41, 5.74) is 6.33. The van der Waals surface area contributed by atoms with Gasteiger partial charge in [-0.15, -0.1) is 0 Å². The number of nitrogens with two attached hydrogens (primary N) is 1. The summed E-state index contributed by atoms with van der Waals surface area (Å²) in [6, 6.07) is 6.86. The fraction of sp³-hybridized carbons (Fsp3) is 0.538. The van der Waals surface area contributed by atoms with Gasteiger partial charge in [0.25, 0.3) is 0 Å². The lowest BCUT2D eigenvalue weighted by Gasteiger charge is -2.08. The number of rotatable bonds is 7. The van der Waals surface area contributed by atoms with Gasteiger partial charge >= 0.3 is 0 Å². The Bertz CT molecular complexity index is 454. The zero-order valence-corrected chi connectivity index (χ0v) is 11.5. The number of benzene rings is 1. The Kier molecular flexibility index (Phi) is 5.78. The van der Waals surface area contributed by atoms with Crippen LogP contribution in [0.5, 0.6) is 0 Å². The Balaban J connectivity index is 2.68. The third-order valence-corrected chi connectivity index (χ3v) is 4.73. The van der Waals surface area contributed by atoms with E-state index in [-0.39, 0.29) is 12.3 Å². The highest BCUT2D eigenvalue weighted by molar-refractivity contribution is 7.91. The van der Waals surface area contributed by atoms with E-state index in [4.69, 9.17) is 5.73 Å². The average molecular weight is 271 g/mol. The standard InChI is InChI=1S/C13H21NO3S/c1-2-9-18(16,17)13-7-4-11(5-8-13)3-6-12(15)10-14/h4-5,7-8,12,15H,2-3,6,9-10,14H2,1H3. The molecule has 1 atom stereocenters. The largest absolute Gasteiger partial charge is 0.392 e. The number of aryl methyl sites for hydroxylation is 1. The maximum Gasteiger partial charge on any atom is 0.178 e. The molecular weight excluding hydrogens is 250 g/mol.